The molecule has 0 spiro atoms. The molecule has 4 nitrogen and oxygen atoms in total. The highest BCUT2D eigenvalue weighted by atomic mass is 16.1. The average Bonchev–Trinajstić information content (AvgIpc) is 2.58. The van der Waals surface area contributed by atoms with Gasteiger partial charge in [0.1, 0.15) is 5.69 Å². The number of aromatic nitrogens is 1. The van der Waals surface area contributed by atoms with Gasteiger partial charge in [0.2, 0.25) is 0 Å². The Morgan fingerprint density at radius 1 is 1.05 bits per heavy atom. The molecule has 0 aliphatic carbocycles. The summed E-state index contributed by atoms with van der Waals surface area (Å²) in [5, 5.41) is 3.36. The van der Waals surface area contributed by atoms with Gasteiger partial charge in [-0.25, -0.2) is 0 Å². The number of ketones is 1. The molecule has 0 atom stereocenters. The summed E-state index contributed by atoms with van der Waals surface area (Å²) in [5.74, 6) is 0.0652. The number of carbonyl (C=O) groups excluding carboxylic acids is 1. The monoisotopic (exact) mass is 295 g/mol. The molecular formula is C18H21N3O. The maximum atomic E-state index is 12.1. The van der Waals surface area contributed by atoms with Crippen LogP contribution in [0, 0.1) is 0 Å². The van der Waals surface area contributed by atoms with E-state index in [1.165, 1.54) is 5.56 Å². The van der Waals surface area contributed by atoms with Crippen LogP contribution in [0.1, 0.15) is 21.6 Å². The molecule has 1 saturated heterocycles. The van der Waals surface area contributed by atoms with E-state index in [4.69, 9.17) is 0 Å². The number of pyridine rings is 1. The van der Waals surface area contributed by atoms with Crippen molar-refractivity contribution < 1.29 is 4.79 Å². The molecule has 22 heavy (non-hydrogen) atoms. The van der Waals surface area contributed by atoms with Gasteiger partial charge in [-0.05, 0) is 23.3 Å². The Morgan fingerprint density at radius 2 is 1.77 bits per heavy atom. The van der Waals surface area contributed by atoms with Crippen molar-refractivity contribution in [2.45, 2.75) is 13.0 Å². The first-order valence-electron chi connectivity index (χ1n) is 7.76. The second-order valence-corrected chi connectivity index (χ2v) is 5.66. The predicted molar refractivity (Wildman–Crippen MR) is 86.9 cm³/mol. The third kappa shape index (κ3) is 4.00. The van der Waals surface area contributed by atoms with Crippen molar-refractivity contribution in [3.05, 3.63) is 65.5 Å². The number of hydrogen-bond donors (Lipinski definition) is 1. The number of piperazine rings is 1. The van der Waals surface area contributed by atoms with E-state index in [9.17, 15) is 4.79 Å². The van der Waals surface area contributed by atoms with Crippen LogP contribution in [0.5, 0.6) is 0 Å². The molecule has 4 heteroatoms. The van der Waals surface area contributed by atoms with E-state index in [0.29, 0.717) is 12.1 Å². The Balaban J connectivity index is 1.58. The highest BCUT2D eigenvalue weighted by Gasteiger charge is 2.11. The van der Waals surface area contributed by atoms with Crippen LogP contribution in [0.15, 0.2) is 48.7 Å². The Morgan fingerprint density at radius 3 is 2.45 bits per heavy atom. The third-order valence-electron chi connectivity index (χ3n) is 3.95. The van der Waals surface area contributed by atoms with Crippen LogP contribution < -0.4 is 5.32 Å². The normalized spacial score (nSPS) is 15.6. The lowest BCUT2D eigenvalue weighted by atomic mass is 10.0. The Bertz CT molecular complexity index is 604. The molecule has 0 amide bonds. The highest BCUT2D eigenvalue weighted by molar-refractivity contribution is 5.95. The lowest BCUT2D eigenvalue weighted by Gasteiger charge is -2.27. The SMILES string of the molecule is O=C(Cc1ccc(CN2CCNCC2)cc1)c1ccccn1. The van der Waals surface area contributed by atoms with E-state index in [-0.39, 0.29) is 5.78 Å². The molecule has 1 fully saturated rings. The molecule has 0 radical (unpaired) electrons. The molecule has 2 aromatic rings. The van der Waals surface area contributed by atoms with Gasteiger partial charge in [-0.1, -0.05) is 30.3 Å². The summed E-state index contributed by atoms with van der Waals surface area (Å²) in [7, 11) is 0. The fourth-order valence-corrected chi connectivity index (χ4v) is 2.69. The van der Waals surface area contributed by atoms with Gasteiger partial charge in [0.15, 0.2) is 5.78 Å². The third-order valence-corrected chi connectivity index (χ3v) is 3.95. The van der Waals surface area contributed by atoms with Gasteiger partial charge in [0, 0.05) is 45.3 Å². The summed E-state index contributed by atoms with van der Waals surface area (Å²) in [4.78, 5) is 18.7. The summed E-state index contributed by atoms with van der Waals surface area (Å²) in [5.41, 5.74) is 2.88. The standard InChI is InChI=1S/C18H21N3O/c22-18(17-3-1-2-8-20-17)13-15-4-6-16(7-5-15)14-21-11-9-19-10-12-21/h1-8,19H,9-14H2. The molecule has 0 unspecified atom stereocenters. The van der Waals surface area contributed by atoms with Crippen LogP contribution in [0.2, 0.25) is 0 Å². The number of rotatable bonds is 5. The van der Waals surface area contributed by atoms with Crippen LogP contribution in [-0.2, 0) is 13.0 Å². The van der Waals surface area contributed by atoms with Crippen molar-refractivity contribution in [1.82, 2.24) is 15.2 Å². The summed E-state index contributed by atoms with van der Waals surface area (Å²) < 4.78 is 0. The first kappa shape index (κ1) is 14.9. The summed E-state index contributed by atoms with van der Waals surface area (Å²) in [6, 6.07) is 13.8. The van der Waals surface area contributed by atoms with Gasteiger partial charge in [-0.2, -0.15) is 0 Å². The number of Topliss-reactive ketones (excluding diaryl/α,β-unsaturated/α-hetero) is 1. The minimum atomic E-state index is 0.0652. The molecular weight excluding hydrogens is 274 g/mol. The second kappa shape index (κ2) is 7.29. The maximum absolute atomic E-state index is 12.1. The van der Waals surface area contributed by atoms with Gasteiger partial charge in [0.05, 0.1) is 0 Å². The van der Waals surface area contributed by atoms with Gasteiger partial charge >= 0.3 is 0 Å². The lowest BCUT2D eigenvalue weighted by Crippen LogP contribution is -2.42. The first-order chi connectivity index (χ1) is 10.8. The highest BCUT2D eigenvalue weighted by Crippen LogP contribution is 2.10. The molecule has 1 aliphatic rings. The van der Waals surface area contributed by atoms with Crippen molar-refractivity contribution >= 4 is 5.78 Å². The molecule has 1 aromatic heterocycles. The van der Waals surface area contributed by atoms with Crippen LogP contribution in [0.25, 0.3) is 0 Å². The maximum Gasteiger partial charge on any atom is 0.185 e. The van der Waals surface area contributed by atoms with Crippen molar-refractivity contribution in [3.63, 3.8) is 0 Å². The van der Waals surface area contributed by atoms with Crippen LogP contribution >= 0.6 is 0 Å². The van der Waals surface area contributed by atoms with Crippen molar-refractivity contribution in [2.24, 2.45) is 0 Å². The molecule has 0 bridgehead atoms. The van der Waals surface area contributed by atoms with Crippen LogP contribution in [0.3, 0.4) is 0 Å². The molecule has 114 valence electrons. The van der Waals surface area contributed by atoms with E-state index < -0.39 is 0 Å². The number of hydrogen-bond acceptors (Lipinski definition) is 4. The Labute approximate surface area is 131 Å². The van der Waals surface area contributed by atoms with Crippen molar-refractivity contribution in [2.75, 3.05) is 26.2 Å². The van der Waals surface area contributed by atoms with Crippen molar-refractivity contribution in [3.8, 4) is 0 Å². The number of nitrogens with zero attached hydrogens (tertiary/aromatic N) is 2. The Kier molecular flexibility index (Phi) is 4.93. The number of benzene rings is 1. The van der Waals surface area contributed by atoms with Crippen LogP contribution in [0.4, 0.5) is 0 Å². The van der Waals surface area contributed by atoms with Crippen molar-refractivity contribution in [1.29, 1.82) is 0 Å². The van der Waals surface area contributed by atoms with Gasteiger partial charge < -0.3 is 5.32 Å². The quantitative estimate of drug-likeness (QED) is 0.856. The van der Waals surface area contributed by atoms with E-state index in [1.807, 2.05) is 12.1 Å². The lowest BCUT2D eigenvalue weighted by molar-refractivity contribution is 0.0988. The minimum absolute atomic E-state index is 0.0652. The van der Waals surface area contributed by atoms with E-state index in [2.05, 4.69) is 39.5 Å². The topological polar surface area (TPSA) is 45.2 Å². The van der Waals surface area contributed by atoms with Crippen LogP contribution in [-0.4, -0.2) is 41.8 Å². The molecule has 3 rings (SSSR count). The molecule has 2 heterocycles. The number of carbonyl (C=O) groups is 1. The smallest absolute Gasteiger partial charge is 0.185 e. The zero-order valence-corrected chi connectivity index (χ0v) is 12.7. The molecule has 0 saturated carbocycles. The minimum Gasteiger partial charge on any atom is -0.314 e. The summed E-state index contributed by atoms with van der Waals surface area (Å²) in [6.07, 6.45) is 2.06. The summed E-state index contributed by atoms with van der Waals surface area (Å²) in [6.45, 7) is 5.31. The van der Waals surface area contributed by atoms with Gasteiger partial charge in [0.25, 0.3) is 0 Å². The summed E-state index contributed by atoms with van der Waals surface area (Å²) >= 11 is 0. The fourth-order valence-electron chi connectivity index (χ4n) is 2.69. The largest absolute Gasteiger partial charge is 0.314 e. The van der Waals surface area contributed by atoms with E-state index >= 15 is 0 Å². The Hall–Kier alpha value is -2.04. The predicted octanol–water partition coefficient (Wildman–Crippen LogP) is 1.91. The second-order valence-electron chi connectivity index (χ2n) is 5.66. The first-order valence-corrected chi connectivity index (χ1v) is 7.76. The van der Waals surface area contributed by atoms with E-state index in [0.717, 1.165) is 38.3 Å². The molecule has 1 N–H and O–H groups in total. The number of nitrogens with one attached hydrogen (secondary N) is 1. The molecule has 1 aliphatic heterocycles. The zero-order valence-electron chi connectivity index (χ0n) is 12.7. The fraction of sp³-hybridized carbons (Fsp3) is 0.333. The average molecular weight is 295 g/mol. The van der Waals surface area contributed by atoms with E-state index in [1.54, 1.807) is 12.3 Å². The van der Waals surface area contributed by atoms with Gasteiger partial charge in [-0.15, -0.1) is 0 Å². The van der Waals surface area contributed by atoms with Gasteiger partial charge in [-0.3, -0.25) is 14.7 Å². The zero-order chi connectivity index (χ0) is 15.2. The molecule has 1 aromatic carbocycles.